The maximum absolute atomic E-state index is 12.6. The number of hydrogen-bond donors (Lipinski definition) is 1. The Labute approximate surface area is 129 Å². The second kappa shape index (κ2) is 6.05. The summed E-state index contributed by atoms with van der Waals surface area (Å²) in [5.74, 6) is -0.284. The highest BCUT2D eigenvalue weighted by molar-refractivity contribution is 5.78. The maximum Gasteiger partial charge on any atom is 0.435 e. The molecule has 3 rings (SSSR count). The quantitative estimate of drug-likeness (QED) is 0.938. The van der Waals surface area contributed by atoms with Crippen LogP contribution in [0.2, 0.25) is 0 Å². The monoisotopic (exact) mass is 328 g/mol. The smallest absolute Gasteiger partial charge is 0.364 e. The van der Waals surface area contributed by atoms with E-state index in [0.29, 0.717) is 30.9 Å². The van der Waals surface area contributed by atoms with Crippen LogP contribution in [0.3, 0.4) is 0 Å². The van der Waals surface area contributed by atoms with Crippen molar-refractivity contribution in [2.75, 3.05) is 13.1 Å². The van der Waals surface area contributed by atoms with Gasteiger partial charge in [0, 0.05) is 30.8 Å². The summed E-state index contributed by atoms with van der Waals surface area (Å²) in [4.78, 5) is 13.9. The summed E-state index contributed by atoms with van der Waals surface area (Å²) >= 11 is 0. The van der Waals surface area contributed by atoms with Crippen molar-refractivity contribution in [3.05, 3.63) is 35.5 Å². The molecule has 2 aromatic heterocycles. The largest absolute Gasteiger partial charge is 0.435 e. The zero-order valence-electron chi connectivity index (χ0n) is 12.1. The van der Waals surface area contributed by atoms with Crippen LogP contribution in [0.1, 0.15) is 35.8 Å². The highest BCUT2D eigenvalue weighted by Gasteiger charge is 2.35. The number of nitrogens with zero attached hydrogens (tertiary/aromatic N) is 3. The van der Waals surface area contributed by atoms with Gasteiger partial charge in [0.05, 0.1) is 12.1 Å². The van der Waals surface area contributed by atoms with Crippen LogP contribution in [0.15, 0.2) is 22.9 Å². The summed E-state index contributed by atoms with van der Waals surface area (Å²) < 4.78 is 42.6. The van der Waals surface area contributed by atoms with Crippen molar-refractivity contribution < 1.29 is 22.5 Å². The van der Waals surface area contributed by atoms with Crippen molar-refractivity contribution in [3.8, 4) is 0 Å². The van der Waals surface area contributed by atoms with Crippen LogP contribution in [0.4, 0.5) is 13.2 Å². The molecule has 23 heavy (non-hydrogen) atoms. The number of H-pyrrole nitrogens is 1. The van der Waals surface area contributed by atoms with E-state index >= 15 is 0 Å². The number of hydrogen-bond acceptors (Lipinski definition) is 4. The number of piperidine rings is 1. The Bertz CT molecular complexity index is 666. The first-order valence-corrected chi connectivity index (χ1v) is 7.23. The molecule has 1 saturated heterocycles. The summed E-state index contributed by atoms with van der Waals surface area (Å²) in [6.07, 6.45) is -1.50. The molecular formula is C14H15F3N4O2. The third kappa shape index (κ3) is 3.54. The Morgan fingerprint density at radius 2 is 2.30 bits per heavy atom. The van der Waals surface area contributed by atoms with Crippen molar-refractivity contribution in [1.29, 1.82) is 0 Å². The van der Waals surface area contributed by atoms with E-state index in [2.05, 4.69) is 19.9 Å². The lowest BCUT2D eigenvalue weighted by molar-refractivity contribution is -0.141. The van der Waals surface area contributed by atoms with E-state index in [0.717, 1.165) is 12.5 Å². The van der Waals surface area contributed by atoms with Crippen LogP contribution in [-0.2, 0) is 17.4 Å². The van der Waals surface area contributed by atoms with Crippen LogP contribution in [0.25, 0.3) is 0 Å². The minimum atomic E-state index is -4.47. The number of alkyl halides is 3. The molecule has 0 radical (unpaired) electrons. The van der Waals surface area contributed by atoms with Gasteiger partial charge in [-0.1, -0.05) is 5.16 Å². The fourth-order valence-corrected chi connectivity index (χ4v) is 2.74. The number of carbonyl (C=O) groups excluding carboxylic acids is 1. The first kappa shape index (κ1) is 15.6. The normalized spacial score (nSPS) is 19.1. The summed E-state index contributed by atoms with van der Waals surface area (Å²) in [7, 11) is 0. The van der Waals surface area contributed by atoms with Gasteiger partial charge in [-0.25, -0.2) is 0 Å². The van der Waals surface area contributed by atoms with Gasteiger partial charge >= 0.3 is 6.18 Å². The number of aromatic amines is 1. The Morgan fingerprint density at radius 3 is 2.96 bits per heavy atom. The van der Waals surface area contributed by atoms with Gasteiger partial charge in [0.15, 0.2) is 5.69 Å². The summed E-state index contributed by atoms with van der Waals surface area (Å²) in [6.45, 7) is 0.962. The van der Waals surface area contributed by atoms with E-state index in [-0.39, 0.29) is 18.2 Å². The highest BCUT2D eigenvalue weighted by Crippen LogP contribution is 2.32. The van der Waals surface area contributed by atoms with Crippen molar-refractivity contribution >= 4 is 5.91 Å². The van der Waals surface area contributed by atoms with E-state index in [4.69, 9.17) is 0 Å². The summed E-state index contributed by atoms with van der Waals surface area (Å²) in [5, 5.41) is 9.46. The Morgan fingerprint density at radius 1 is 1.48 bits per heavy atom. The van der Waals surface area contributed by atoms with E-state index in [9.17, 15) is 18.0 Å². The zero-order valence-corrected chi connectivity index (χ0v) is 12.1. The zero-order chi connectivity index (χ0) is 16.4. The SMILES string of the molecule is O=C(Cc1ccon1)N1CCCC(c2cc(C(F)(F)F)n[nH]2)C1. The fraction of sp³-hybridized carbons (Fsp3) is 0.500. The molecule has 0 bridgehead atoms. The van der Waals surface area contributed by atoms with Crippen LogP contribution < -0.4 is 0 Å². The first-order valence-electron chi connectivity index (χ1n) is 7.23. The highest BCUT2D eigenvalue weighted by atomic mass is 19.4. The molecule has 0 saturated carbocycles. The van der Waals surface area contributed by atoms with Crippen molar-refractivity contribution in [3.63, 3.8) is 0 Å². The van der Waals surface area contributed by atoms with Crippen LogP contribution in [0, 0.1) is 0 Å². The molecule has 3 heterocycles. The Hall–Kier alpha value is -2.32. The third-order valence-corrected chi connectivity index (χ3v) is 3.93. The van der Waals surface area contributed by atoms with Gasteiger partial charge in [0.2, 0.25) is 5.91 Å². The van der Waals surface area contributed by atoms with Crippen molar-refractivity contribution in [2.24, 2.45) is 0 Å². The molecule has 9 heteroatoms. The predicted molar refractivity (Wildman–Crippen MR) is 72.4 cm³/mol. The van der Waals surface area contributed by atoms with Crippen molar-refractivity contribution in [2.45, 2.75) is 31.4 Å². The summed E-state index contributed by atoms with van der Waals surface area (Å²) in [6, 6.07) is 2.64. The van der Waals surface area contributed by atoms with Gasteiger partial charge in [-0.15, -0.1) is 0 Å². The number of rotatable bonds is 3. The molecular weight excluding hydrogens is 313 g/mol. The van der Waals surface area contributed by atoms with E-state index < -0.39 is 11.9 Å². The lowest BCUT2D eigenvalue weighted by atomic mass is 9.94. The predicted octanol–water partition coefficient (Wildman–Crippen LogP) is 2.37. The number of aromatic nitrogens is 3. The van der Waals surface area contributed by atoms with E-state index in [1.54, 1.807) is 11.0 Å². The molecule has 0 aliphatic carbocycles. The molecule has 2 aromatic rings. The summed E-state index contributed by atoms with van der Waals surface area (Å²) in [5.41, 5.74) is 0.0211. The van der Waals surface area contributed by atoms with E-state index in [1.165, 1.54) is 6.26 Å². The van der Waals surface area contributed by atoms with Gasteiger partial charge in [0.25, 0.3) is 0 Å². The minimum absolute atomic E-state index is 0.112. The molecule has 1 atom stereocenters. The molecule has 0 spiro atoms. The lowest BCUT2D eigenvalue weighted by Gasteiger charge is -2.32. The number of nitrogens with one attached hydrogen (secondary N) is 1. The number of likely N-dealkylation sites (tertiary alicyclic amines) is 1. The fourth-order valence-electron chi connectivity index (χ4n) is 2.74. The third-order valence-electron chi connectivity index (χ3n) is 3.93. The van der Waals surface area contributed by atoms with Gasteiger partial charge < -0.3 is 9.42 Å². The minimum Gasteiger partial charge on any atom is -0.364 e. The molecule has 6 nitrogen and oxygen atoms in total. The molecule has 1 aliphatic rings. The van der Waals surface area contributed by atoms with Gasteiger partial charge in [-0.3, -0.25) is 9.89 Å². The second-order valence-electron chi connectivity index (χ2n) is 5.55. The molecule has 1 unspecified atom stereocenters. The first-order chi connectivity index (χ1) is 10.9. The standard InChI is InChI=1S/C14H15F3N4O2/c15-14(16,17)12-7-11(18-19-12)9-2-1-4-21(8-9)13(22)6-10-3-5-23-20-10/h3,5,7,9H,1-2,4,6,8H2,(H,18,19). The Balaban J connectivity index is 1.66. The maximum atomic E-state index is 12.6. The number of amides is 1. The average Bonchev–Trinajstić information content (AvgIpc) is 3.18. The molecule has 0 aromatic carbocycles. The lowest BCUT2D eigenvalue weighted by Crippen LogP contribution is -2.40. The molecule has 124 valence electrons. The number of halogens is 3. The topological polar surface area (TPSA) is 75.0 Å². The van der Waals surface area contributed by atoms with Crippen LogP contribution in [-0.4, -0.2) is 39.3 Å². The van der Waals surface area contributed by atoms with Gasteiger partial charge in [-0.05, 0) is 18.9 Å². The molecule has 1 aliphatic heterocycles. The molecule has 1 amide bonds. The van der Waals surface area contributed by atoms with E-state index in [1.807, 2.05) is 0 Å². The second-order valence-corrected chi connectivity index (χ2v) is 5.55. The average molecular weight is 328 g/mol. The molecule has 1 fully saturated rings. The molecule has 1 N–H and O–H groups in total. The van der Waals surface area contributed by atoms with Crippen molar-refractivity contribution in [1.82, 2.24) is 20.3 Å². The van der Waals surface area contributed by atoms with Gasteiger partial charge in [-0.2, -0.15) is 18.3 Å². The van der Waals surface area contributed by atoms with Gasteiger partial charge in [0.1, 0.15) is 6.26 Å². The van der Waals surface area contributed by atoms with Crippen LogP contribution in [0.5, 0.6) is 0 Å². The Kier molecular flexibility index (Phi) is 4.10. The number of carbonyl (C=O) groups is 1. The van der Waals surface area contributed by atoms with Crippen LogP contribution >= 0.6 is 0 Å².